The molecule has 154 valence electrons. The Morgan fingerprint density at radius 2 is 1.48 bits per heavy atom. The molecular formula is C20H34N2O5. The molecule has 1 unspecified atom stereocenters. The second kappa shape index (κ2) is 15.1. The van der Waals surface area contributed by atoms with Crippen LogP contribution < -0.4 is 0 Å². The summed E-state index contributed by atoms with van der Waals surface area (Å²) < 4.78 is 10.5. The molecule has 1 atom stereocenters. The zero-order valence-electron chi connectivity index (χ0n) is 17.2. The SMILES string of the molecule is CCCCCC(=O)OCC(OC(=O)CCCCC)C(=[N+]=[N-])C(=O)CC(C)C. The van der Waals surface area contributed by atoms with Crippen LogP contribution in [0.2, 0.25) is 0 Å². The Labute approximate surface area is 162 Å². The van der Waals surface area contributed by atoms with Crippen LogP contribution in [0.1, 0.15) is 85.5 Å². The van der Waals surface area contributed by atoms with E-state index in [1.54, 1.807) is 0 Å². The number of hydrogen-bond acceptors (Lipinski definition) is 5. The van der Waals surface area contributed by atoms with Gasteiger partial charge >= 0.3 is 17.7 Å². The zero-order valence-corrected chi connectivity index (χ0v) is 17.2. The fourth-order valence-corrected chi connectivity index (χ4v) is 2.44. The average molecular weight is 383 g/mol. The quantitative estimate of drug-likeness (QED) is 0.140. The van der Waals surface area contributed by atoms with E-state index >= 15 is 0 Å². The maximum Gasteiger partial charge on any atom is 0.378 e. The molecule has 7 nitrogen and oxygen atoms in total. The van der Waals surface area contributed by atoms with Gasteiger partial charge in [0.05, 0.1) is 0 Å². The van der Waals surface area contributed by atoms with E-state index < -0.39 is 23.8 Å². The highest BCUT2D eigenvalue weighted by molar-refractivity contribution is 6.39. The number of hydrogen-bond donors (Lipinski definition) is 0. The summed E-state index contributed by atoms with van der Waals surface area (Å²) >= 11 is 0. The van der Waals surface area contributed by atoms with Gasteiger partial charge in [-0.25, -0.2) is 0 Å². The highest BCUT2D eigenvalue weighted by atomic mass is 16.6. The first-order valence-corrected chi connectivity index (χ1v) is 9.95. The largest absolute Gasteiger partial charge is 0.461 e. The molecule has 7 heteroatoms. The summed E-state index contributed by atoms with van der Waals surface area (Å²) in [4.78, 5) is 39.2. The first kappa shape index (κ1) is 25.0. The van der Waals surface area contributed by atoms with Gasteiger partial charge in [-0.3, -0.25) is 14.4 Å². The number of esters is 2. The van der Waals surface area contributed by atoms with Gasteiger partial charge in [0, 0.05) is 19.3 Å². The lowest BCUT2D eigenvalue weighted by Gasteiger charge is -2.15. The highest BCUT2D eigenvalue weighted by Gasteiger charge is 2.35. The number of carbonyl (C=O) groups excluding carboxylic acids is 3. The number of ether oxygens (including phenoxy) is 2. The second-order valence-corrected chi connectivity index (χ2v) is 7.08. The minimum absolute atomic E-state index is 0.0479. The van der Waals surface area contributed by atoms with Crippen molar-refractivity contribution in [2.45, 2.75) is 91.6 Å². The number of rotatable bonds is 15. The predicted molar refractivity (Wildman–Crippen MR) is 102 cm³/mol. The zero-order chi connectivity index (χ0) is 20.7. The lowest BCUT2D eigenvalue weighted by molar-refractivity contribution is -0.158. The van der Waals surface area contributed by atoms with E-state index in [4.69, 9.17) is 9.47 Å². The van der Waals surface area contributed by atoms with Gasteiger partial charge in [0.2, 0.25) is 11.9 Å². The molecule has 0 N–H and O–H groups in total. The van der Waals surface area contributed by atoms with Gasteiger partial charge < -0.3 is 15.0 Å². The van der Waals surface area contributed by atoms with Gasteiger partial charge in [0.25, 0.3) is 0 Å². The van der Waals surface area contributed by atoms with Crippen molar-refractivity contribution >= 4 is 23.4 Å². The number of carbonyl (C=O) groups is 3. The molecule has 0 fully saturated rings. The normalized spacial score (nSPS) is 11.6. The molecule has 0 aromatic rings. The average Bonchev–Trinajstić information content (AvgIpc) is 2.60. The maximum atomic E-state index is 12.3. The molecular weight excluding hydrogens is 348 g/mol. The maximum absolute atomic E-state index is 12.3. The highest BCUT2D eigenvalue weighted by Crippen LogP contribution is 2.09. The topological polar surface area (TPSA) is 106 Å². The molecule has 0 saturated carbocycles. The fraction of sp³-hybridized carbons (Fsp3) is 0.800. The number of Topliss-reactive ketones (excluding diaryl/α,β-unsaturated/α-hetero) is 1. The first-order valence-electron chi connectivity index (χ1n) is 9.95. The summed E-state index contributed by atoms with van der Waals surface area (Å²) in [6.07, 6.45) is 4.55. The summed E-state index contributed by atoms with van der Waals surface area (Å²) in [7, 11) is 0. The molecule has 0 aliphatic carbocycles. The van der Waals surface area contributed by atoms with E-state index in [1.165, 1.54) is 0 Å². The van der Waals surface area contributed by atoms with Gasteiger partial charge in [-0.05, 0) is 18.8 Å². The molecule has 0 heterocycles. The van der Waals surface area contributed by atoms with Crippen molar-refractivity contribution < 1.29 is 28.6 Å². The molecule has 27 heavy (non-hydrogen) atoms. The molecule has 0 aromatic heterocycles. The molecule has 0 bridgehead atoms. The molecule has 0 rings (SSSR count). The summed E-state index contributed by atoms with van der Waals surface area (Å²) in [5.41, 5.74) is 9.00. The Hall–Kier alpha value is -2.01. The molecule has 0 saturated heterocycles. The van der Waals surface area contributed by atoms with Crippen LogP contribution in [0.5, 0.6) is 0 Å². The monoisotopic (exact) mass is 382 g/mol. The third-order valence-electron chi connectivity index (χ3n) is 3.93. The van der Waals surface area contributed by atoms with Crippen LogP contribution in [0.15, 0.2) is 0 Å². The van der Waals surface area contributed by atoms with Crippen LogP contribution in [-0.2, 0) is 23.9 Å². The van der Waals surface area contributed by atoms with Gasteiger partial charge in [0.1, 0.15) is 6.61 Å². The van der Waals surface area contributed by atoms with Crippen molar-refractivity contribution in [1.29, 1.82) is 0 Å². The van der Waals surface area contributed by atoms with Crippen molar-refractivity contribution in [1.82, 2.24) is 0 Å². The summed E-state index contributed by atoms with van der Waals surface area (Å²) in [5.74, 6) is -1.31. The third-order valence-corrected chi connectivity index (χ3v) is 3.93. The van der Waals surface area contributed by atoms with Crippen molar-refractivity contribution in [3.63, 3.8) is 0 Å². The summed E-state index contributed by atoms with van der Waals surface area (Å²) in [6, 6.07) is 0. The van der Waals surface area contributed by atoms with E-state index in [9.17, 15) is 19.9 Å². The summed E-state index contributed by atoms with van der Waals surface area (Å²) in [6.45, 7) is 7.43. The van der Waals surface area contributed by atoms with Crippen LogP contribution in [-0.4, -0.2) is 40.9 Å². The van der Waals surface area contributed by atoms with Gasteiger partial charge in [-0.1, -0.05) is 53.4 Å². The Balaban J connectivity index is 4.97. The van der Waals surface area contributed by atoms with Gasteiger partial charge in [-0.2, -0.15) is 4.79 Å². The van der Waals surface area contributed by atoms with Crippen LogP contribution in [0.25, 0.3) is 5.53 Å². The number of ketones is 1. The van der Waals surface area contributed by atoms with Crippen molar-refractivity contribution in [2.24, 2.45) is 5.92 Å². The minimum atomic E-state index is -1.19. The van der Waals surface area contributed by atoms with Gasteiger partial charge in [0.15, 0.2) is 0 Å². The van der Waals surface area contributed by atoms with Crippen molar-refractivity contribution in [2.75, 3.05) is 6.61 Å². The van der Waals surface area contributed by atoms with Crippen LogP contribution in [0, 0.1) is 5.92 Å². The van der Waals surface area contributed by atoms with Crippen molar-refractivity contribution in [3.05, 3.63) is 5.53 Å². The minimum Gasteiger partial charge on any atom is -0.461 e. The lowest BCUT2D eigenvalue weighted by Crippen LogP contribution is -2.38. The Kier molecular flexibility index (Phi) is 14.0. The van der Waals surface area contributed by atoms with Crippen molar-refractivity contribution in [3.8, 4) is 0 Å². The van der Waals surface area contributed by atoms with E-state index in [1.807, 2.05) is 27.7 Å². The van der Waals surface area contributed by atoms with E-state index in [-0.39, 0.29) is 37.5 Å². The fourth-order valence-electron chi connectivity index (χ4n) is 2.44. The predicted octanol–water partition coefficient (Wildman–Crippen LogP) is 3.89. The van der Waals surface area contributed by atoms with E-state index in [2.05, 4.69) is 4.79 Å². The number of unbranched alkanes of at least 4 members (excludes halogenated alkanes) is 4. The number of nitrogens with zero attached hydrogens (tertiary/aromatic N) is 2. The molecule has 0 aliphatic rings. The van der Waals surface area contributed by atoms with Crippen LogP contribution in [0.3, 0.4) is 0 Å². The summed E-state index contributed by atoms with van der Waals surface area (Å²) in [5, 5.41) is 0. The Morgan fingerprint density at radius 1 is 0.926 bits per heavy atom. The molecule has 0 spiro atoms. The van der Waals surface area contributed by atoms with Gasteiger partial charge in [-0.15, -0.1) is 0 Å². The second-order valence-electron chi connectivity index (χ2n) is 7.08. The standard InChI is InChI=1S/C20H34N2O5/c1-5-7-9-11-18(24)26-14-17(27-19(25)12-10-8-6-2)20(22-21)16(23)13-15(3)4/h15,17H,5-14H2,1-4H3. The smallest absolute Gasteiger partial charge is 0.378 e. The van der Waals surface area contributed by atoms with Crippen LogP contribution >= 0.6 is 0 Å². The lowest BCUT2D eigenvalue weighted by atomic mass is 10.0. The van der Waals surface area contributed by atoms with E-state index in [0.717, 1.165) is 25.7 Å². The molecule has 0 amide bonds. The molecule has 0 radical (unpaired) electrons. The Bertz CT molecular complexity index is 524. The molecule has 0 aliphatic heterocycles. The Morgan fingerprint density at radius 3 is 1.96 bits per heavy atom. The van der Waals surface area contributed by atoms with Crippen LogP contribution in [0.4, 0.5) is 0 Å². The third kappa shape index (κ3) is 12.1. The van der Waals surface area contributed by atoms with E-state index in [0.29, 0.717) is 12.8 Å². The molecule has 0 aromatic carbocycles. The first-order chi connectivity index (χ1) is 12.8.